The van der Waals surface area contributed by atoms with Crippen molar-refractivity contribution in [1.29, 1.82) is 0 Å². The van der Waals surface area contributed by atoms with Crippen molar-refractivity contribution in [3.63, 3.8) is 0 Å². The Balaban J connectivity index is 1.61. The molecule has 0 radical (unpaired) electrons. The summed E-state index contributed by atoms with van der Waals surface area (Å²) in [5, 5.41) is 9.26. The van der Waals surface area contributed by atoms with Crippen LogP contribution in [0.5, 0.6) is 0 Å². The normalized spacial score (nSPS) is 22.8. The predicted octanol–water partition coefficient (Wildman–Crippen LogP) is 6.24. The molecule has 1 saturated carbocycles. The number of carbonyl (C=O) groups excluding carboxylic acids is 2. The molecule has 14 heteroatoms. The van der Waals surface area contributed by atoms with Gasteiger partial charge in [-0.15, -0.1) is 0 Å². The molecule has 3 amide bonds. The lowest BCUT2D eigenvalue weighted by Crippen LogP contribution is -2.48. The zero-order valence-corrected chi connectivity index (χ0v) is 23.3. The van der Waals surface area contributed by atoms with Crippen LogP contribution < -0.4 is 4.90 Å². The monoisotopic (exact) mass is 617 g/mol. The molecular weight excluding hydrogens is 587 g/mol. The van der Waals surface area contributed by atoms with E-state index in [1.807, 2.05) is 0 Å². The van der Waals surface area contributed by atoms with Crippen LogP contribution in [0.4, 0.5) is 41.2 Å². The maximum Gasteiger partial charge on any atom is 0.416 e. The topological polar surface area (TPSA) is 81.2 Å². The lowest BCUT2D eigenvalue weighted by molar-refractivity contribution is -0.145. The Bertz CT molecular complexity index is 1320. The number of likely N-dealkylation sites (tertiary alicyclic amines) is 1. The van der Waals surface area contributed by atoms with Crippen molar-refractivity contribution in [1.82, 2.24) is 9.80 Å². The minimum absolute atomic E-state index is 0.00616. The summed E-state index contributed by atoms with van der Waals surface area (Å²) in [5.41, 5.74) is -3.19. The van der Waals surface area contributed by atoms with Crippen LogP contribution in [0.25, 0.3) is 0 Å². The van der Waals surface area contributed by atoms with Gasteiger partial charge in [0.15, 0.2) is 0 Å². The highest BCUT2D eigenvalue weighted by Gasteiger charge is 2.44. The molecule has 0 unspecified atom stereocenters. The number of rotatable bonds is 5. The van der Waals surface area contributed by atoms with E-state index >= 15 is 0 Å². The third kappa shape index (κ3) is 7.04. The third-order valence-corrected chi connectivity index (χ3v) is 8.37. The number of amides is 3. The molecule has 0 aromatic heterocycles. The Hall–Kier alpha value is -3.84. The first-order valence-corrected chi connectivity index (χ1v) is 13.5. The van der Waals surface area contributed by atoms with Gasteiger partial charge in [-0.25, -0.2) is 9.18 Å². The number of benzene rings is 2. The molecule has 1 saturated heterocycles. The van der Waals surface area contributed by atoms with Gasteiger partial charge < -0.3 is 14.9 Å². The summed E-state index contributed by atoms with van der Waals surface area (Å²) < 4.78 is 94.3. The Morgan fingerprint density at radius 3 is 1.81 bits per heavy atom. The van der Waals surface area contributed by atoms with Crippen molar-refractivity contribution in [2.75, 3.05) is 32.1 Å². The highest BCUT2D eigenvalue weighted by Crippen LogP contribution is 2.39. The largest absolute Gasteiger partial charge is 0.481 e. The molecule has 1 heterocycles. The second-order valence-corrected chi connectivity index (χ2v) is 11.1. The van der Waals surface area contributed by atoms with Crippen LogP contribution in [0.2, 0.25) is 0 Å². The van der Waals surface area contributed by atoms with Crippen LogP contribution in [0.15, 0.2) is 42.5 Å². The van der Waals surface area contributed by atoms with Crippen LogP contribution in [-0.2, 0) is 21.9 Å². The van der Waals surface area contributed by atoms with Crippen LogP contribution in [-0.4, -0.2) is 66.0 Å². The van der Waals surface area contributed by atoms with E-state index in [1.54, 1.807) is 0 Å². The minimum Gasteiger partial charge on any atom is -0.481 e. The van der Waals surface area contributed by atoms with E-state index in [2.05, 4.69) is 0 Å². The zero-order chi connectivity index (χ0) is 31.9. The van der Waals surface area contributed by atoms with Gasteiger partial charge in [-0.05, 0) is 61.6 Å². The number of likely N-dealkylation sites (N-methyl/N-ethyl adjacent to an activating group) is 1. The molecule has 2 aromatic carbocycles. The fourth-order valence-corrected chi connectivity index (χ4v) is 5.86. The molecule has 234 valence electrons. The highest BCUT2D eigenvalue weighted by atomic mass is 19.4. The first-order chi connectivity index (χ1) is 20.0. The van der Waals surface area contributed by atoms with Crippen molar-refractivity contribution < 1.29 is 50.2 Å². The van der Waals surface area contributed by atoms with Crippen LogP contribution in [0.1, 0.15) is 48.3 Å². The second-order valence-electron chi connectivity index (χ2n) is 11.1. The maximum absolute atomic E-state index is 13.7. The van der Waals surface area contributed by atoms with E-state index in [0.29, 0.717) is 48.3 Å². The number of carboxylic acid groups (broad SMARTS) is 1. The summed E-state index contributed by atoms with van der Waals surface area (Å²) in [7, 11) is 2.39. The second kappa shape index (κ2) is 12.0. The number of alkyl halides is 6. The first kappa shape index (κ1) is 32.1. The van der Waals surface area contributed by atoms with Gasteiger partial charge in [0.05, 0.1) is 23.1 Å². The van der Waals surface area contributed by atoms with Gasteiger partial charge in [0, 0.05) is 44.7 Å². The van der Waals surface area contributed by atoms with Crippen molar-refractivity contribution in [3.05, 3.63) is 65.0 Å². The molecule has 1 N–H and O–H groups in total. The van der Waals surface area contributed by atoms with Gasteiger partial charge in [-0.3, -0.25) is 14.5 Å². The maximum atomic E-state index is 13.7. The number of nitrogens with zero attached hydrogens (tertiary/aromatic N) is 3. The Morgan fingerprint density at radius 2 is 1.33 bits per heavy atom. The summed E-state index contributed by atoms with van der Waals surface area (Å²) in [4.78, 5) is 41.7. The number of halogens is 7. The molecule has 7 nitrogen and oxygen atoms in total. The fourth-order valence-electron chi connectivity index (χ4n) is 5.86. The average Bonchev–Trinajstić information content (AvgIpc) is 3.40. The summed E-state index contributed by atoms with van der Waals surface area (Å²) in [5.74, 6) is -3.19. The van der Waals surface area contributed by atoms with E-state index in [-0.39, 0.29) is 25.1 Å². The third-order valence-electron chi connectivity index (χ3n) is 8.37. The molecule has 4 rings (SSSR count). The summed E-state index contributed by atoms with van der Waals surface area (Å²) in [6, 6.07) is 4.60. The van der Waals surface area contributed by atoms with Gasteiger partial charge in [0.2, 0.25) is 5.91 Å². The molecule has 2 atom stereocenters. The lowest BCUT2D eigenvalue weighted by Gasteiger charge is -2.33. The lowest BCUT2D eigenvalue weighted by atomic mass is 9.81. The molecule has 1 aliphatic carbocycles. The fraction of sp³-hybridized carbons (Fsp3) is 0.483. The number of hydrogen-bond donors (Lipinski definition) is 1. The van der Waals surface area contributed by atoms with E-state index < -0.39 is 70.8 Å². The number of carbonyl (C=O) groups is 3. The molecule has 43 heavy (non-hydrogen) atoms. The molecule has 2 fully saturated rings. The van der Waals surface area contributed by atoms with Crippen molar-refractivity contribution in [2.24, 2.45) is 11.8 Å². The Morgan fingerprint density at radius 1 is 0.814 bits per heavy atom. The summed E-state index contributed by atoms with van der Waals surface area (Å²) >= 11 is 0. The number of carboxylic acids is 1. The molecule has 2 aliphatic rings. The zero-order valence-electron chi connectivity index (χ0n) is 23.3. The number of urea groups is 1. The van der Waals surface area contributed by atoms with E-state index in [1.165, 1.54) is 36.2 Å². The first-order valence-electron chi connectivity index (χ1n) is 13.5. The summed E-state index contributed by atoms with van der Waals surface area (Å²) in [6.07, 6.45) is -8.79. The van der Waals surface area contributed by atoms with Crippen molar-refractivity contribution in [2.45, 2.75) is 50.0 Å². The van der Waals surface area contributed by atoms with Gasteiger partial charge in [-0.1, -0.05) is 12.1 Å². The quantitative estimate of drug-likeness (QED) is 0.403. The average molecular weight is 618 g/mol. The van der Waals surface area contributed by atoms with E-state index in [0.717, 1.165) is 11.9 Å². The molecule has 0 spiro atoms. The molecule has 2 aromatic rings. The number of hydrogen-bond acceptors (Lipinski definition) is 3. The molecular formula is C29H30F7N3O4. The van der Waals surface area contributed by atoms with E-state index in [9.17, 15) is 50.2 Å². The Labute approximate surface area is 242 Å². The Kier molecular flexibility index (Phi) is 8.98. The van der Waals surface area contributed by atoms with Gasteiger partial charge in [-0.2, -0.15) is 26.3 Å². The standard InChI is InChI=1S/C29H30F7N3O4/c1-37(22-12-19(28(31,32)33)11-20(13-22)29(34,35)36)27(43)38(2)24-15-39(14-23(24)16-7-9-21(30)10-8-16)25(40)17-3-5-18(6-4-17)26(41)42/h7-13,17-18,23-24H,3-6,14-15H2,1-2H3,(H,41,42)/t17-,18-,23-,24+/m0/s1. The van der Waals surface area contributed by atoms with Crippen molar-refractivity contribution in [3.8, 4) is 0 Å². The smallest absolute Gasteiger partial charge is 0.416 e. The van der Waals surface area contributed by atoms with Crippen LogP contribution in [0, 0.1) is 17.7 Å². The van der Waals surface area contributed by atoms with Gasteiger partial charge >= 0.3 is 24.4 Å². The van der Waals surface area contributed by atoms with E-state index in [4.69, 9.17) is 0 Å². The summed E-state index contributed by atoms with van der Waals surface area (Å²) in [6.45, 7) is 0.128. The number of aliphatic carboxylic acids is 1. The predicted molar refractivity (Wildman–Crippen MR) is 141 cm³/mol. The minimum atomic E-state index is -5.10. The van der Waals surface area contributed by atoms with Crippen LogP contribution >= 0.6 is 0 Å². The van der Waals surface area contributed by atoms with Gasteiger partial charge in [0.1, 0.15) is 5.82 Å². The number of anilines is 1. The SMILES string of the molecule is CN(C(=O)N(C)[C@@H]1CN(C(=O)[C@H]2CC[C@H](C(=O)O)CC2)C[C@H]1c1ccc(F)cc1)c1cc(C(F)(F)F)cc(C(F)(F)F)c1. The molecule has 1 aliphatic heterocycles. The van der Waals surface area contributed by atoms with Crippen LogP contribution in [0.3, 0.4) is 0 Å². The molecule has 0 bridgehead atoms. The highest BCUT2D eigenvalue weighted by molar-refractivity contribution is 5.92. The van der Waals surface area contributed by atoms with Crippen molar-refractivity contribution >= 4 is 23.6 Å². The van der Waals surface area contributed by atoms with Gasteiger partial charge in [0.25, 0.3) is 0 Å².